The summed E-state index contributed by atoms with van der Waals surface area (Å²) in [6.07, 6.45) is 2.33. The van der Waals surface area contributed by atoms with Crippen LogP contribution in [-0.4, -0.2) is 60.0 Å². The molecule has 0 bridgehead atoms. The minimum absolute atomic E-state index is 0.0389. The number of methoxy groups -OCH3 is 1. The minimum Gasteiger partial charge on any atom is -0.383 e. The zero-order valence-corrected chi connectivity index (χ0v) is 17.4. The van der Waals surface area contributed by atoms with E-state index in [1.807, 2.05) is 30.3 Å². The Kier molecular flexibility index (Phi) is 6.08. The van der Waals surface area contributed by atoms with Gasteiger partial charge in [-0.25, -0.2) is 4.98 Å². The van der Waals surface area contributed by atoms with Crippen molar-refractivity contribution in [3.63, 3.8) is 0 Å². The molecule has 8 heteroatoms. The highest BCUT2D eigenvalue weighted by Gasteiger charge is 2.30. The molecule has 1 aromatic carbocycles. The summed E-state index contributed by atoms with van der Waals surface area (Å²) in [6, 6.07) is 12.8. The first kappa shape index (κ1) is 20.7. The molecule has 2 amide bonds. The van der Waals surface area contributed by atoms with Gasteiger partial charge in [0.25, 0.3) is 11.8 Å². The van der Waals surface area contributed by atoms with Crippen LogP contribution in [0.4, 0.5) is 5.82 Å². The number of nitrogens with two attached hydrogens (primary N) is 1. The quantitative estimate of drug-likeness (QED) is 0.593. The lowest BCUT2D eigenvalue weighted by Crippen LogP contribution is -2.29. The number of nitrogens with zero attached hydrogens (tertiary/aromatic N) is 3. The molecular formula is C23H25N5O3. The number of rotatable bonds is 6. The van der Waals surface area contributed by atoms with Gasteiger partial charge in [0, 0.05) is 49.9 Å². The predicted octanol–water partition coefficient (Wildman–Crippen LogP) is 2.22. The fraction of sp³-hybridized carbons (Fsp3) is 0.304. The van der Waals surface area contributed by atoms with E-state index in [9.17, 15) is 9.59 Å². The number of likely N-dealkylation sites (tertiary alicyclic amines) is 1. The molecule has 0 saturated carbocycles. The molecule has 2 aromatic heterocycles. The van der Waals surface area contributed by atoms with Crippen molar-refractivity contribution >= 4 is 28.5 Å². The van der Waals surface area contributed by atoms with E-state index >= 15 is 0 Å². The van der Waals surface area contributed by atoms with E-state index < -0.39 is 0 Å². The predicted molar refractivity (Wildman–Crippen MR) is 118 cm³/mol. The van der Waals surface area contributed by atoms with Crippen LogP contribution in [0.5, 0.6) is 0 Å². The molecular weight excluding hydrogens is 394 g/mol. The van der Waals surface area contributed by atoms with E-state index in [0.29, 0.717) is 37.4 Å². The molecule has 0 radical (unpaired) electrons. The number of hydrogen-bond acceptors (Lipinski definition) is 6. The Balaban J connectivity index is 1.59. The van der Waals surface area contributed by atoms with Crippen molar-refractivity contribution in [3.05, 3.63) is 65.5 Å². The number of benzene rings is 1. The lowest BCUT2D eigenvalue weighted by Gasteiger charge is -2.18. The van der Waals surface area contributed by atoms with Crippen LogP contribution in [0, 0.1) is 0 Å². The Labute approximate surface area is 180 Å². The number of nitrogen functional groups attached to an aromatic ring is 1. The van der Waals surface area contributed by atoms with Crippen molar-refractivity contribution in [2.45, 2.75) is 12.3 Å². The Bertz CT molecular complexity index is 1120. The summed E-state index contributed by atoms with van der Waals surface area (Å²) in [5.41, 5.74) is 8.44. The number of nitrogens with one attached hydrogen (secondary N) is 1. The third-order valence-corrected chi connectivity index (χ3v) is 5.54. The number of anilines is 1. The molecule has 8 nitrogen and oxygen atoms in total. The van der Waals surface area contributed by atoms with Gasteiger partial charge in [-0.2, -0.15) is 0 Å². The number of amides is 2. The lowest BCUT2D eigenvalue weighted by atomic mass is 9.99. The molecule has 3 aromatic rings. The summed E-state index contributed by atoms with van der Waals surface area (Å²) in [5, 5.41) is 3.69. The van der Waals surface area contributed by atoms with Crippen LogP contribution in [0.3, 0.4) is 0 Å². The molecule has 160 valence electrons. The van der Waals surface area contributed by atoms with E-state index in [-0.39, 0.29) is 23.6 Å². The van der Waals surface area contributed by atoms with Crippen LogP contribution in [0.15, 0.2) is 48.7 Å². The number of pyridine rings is 2. The standard InChI is InChI=1S/C23H25N5O3/c1-31-12-10-26-22(29)18-13-20(27-19-7-3-2-5-16(18)19)15-8-11-28(14-15)23(30)17-6-4-9-25-21(17)24/h2-7,9,13,15H,8,10-12,14H2,1H3,(H2,24,25)(H,26,29)/t15-/m0/s1. The minimum atomic E-state index is -0.161. The molecule has 31 heavy (non-hydrogen) atoms. The molecule has 0 aliphatic carbocycles. The van der Waals surface area contributed by atoms with E-state index in [2.05, 4.69) is 10.3 Å². The number of carbonyl (C=O) groups excluding carboxylic acids is 2. The highest BCUT2D eigenvalue weighted by atomic mass is 16.5. The Hall–Kier alpha value is -3.52. The average molecular weight is 419 g/mol. The van der Waals surface area contributed by atoms with Crippen molar-refractivity contribution in [1.82, 2.24) is 20.2 Å². The summed E-state index contributed by atoms with van der Waals surface area (Å²) in [7, 11) is 1.60. The molecule has 4 rings (SSSR count). The van der Waals surface area contributed by atoms with Crippen LogP contribution < -0.4 is 11.1 Å². The smallest absolute Gasteiger partial charge is 0.257 e. The van der Waals surface area contributed by atoms with Crippen molar-refractivity contribution in [3.8, 4) is 0 Å². The Morgan fingerprint density at radius 2 is 2.06 bits per heavy atom. The molecule has 1 aliphatic rings. The number of aromatic nitrogens is 2. The first-order valence-corrected chi connectivity index (χ1v) is 10.2. The first-order chi connectivity index (χ1) is 15.1. The maximum Gasteiger partial charge on any atom is 0.257 e. The van der Waals surface area contributed by atoms with Crippen molar-refractivity contribution in [2.24, 2.45) is 0 Å². The second kappa shape index (κ2) is 9.09. The lowest BCUT2D eigenvalue weighted by molar-refractivity contribution is 0.0791. The van der Waals surface area contributed by atoms with Crippen LogP contribution >= 0.6 is 0 Å². The van der Waals surface area contributed by atoms with Gasteiger partial charge in [-0.15, -0.1) is 0 Å². The maximum atomic E-state index is 12.9. The largest absolute Gasteiger partial charge is 0.383 e. The number of para-hydroxylation sites is 1. The second-order valence-electron chi connectivity index (χ2n) is 7.53. The van der Waals surface area contributed by atoms with E-state index in [1.54, 1.807) is 30.3 Å². The number of carbonyl (C=O) groups is 2. The molecule has 0 unspecified atom stereocenters. The SMILES string of the molecule is COCCNC(=O)c1cc([C@H]2CCN(C(=O)c3cccnc3N)C2)nc2ccccc12. The average Bonchev–Trinajstić information content (AvgIpc) is 3.29. The van der Waals surface area contributed by atoms with Gasteiger partial charge < -0.3 is 20.7 Å². The van der Waals surface area contributed by atoms with Crippen molar-refractivity contribution in [2.75, 3.05) is 39.1 Å². The fourth-order valence-electron chi connectivity index (χ4n) is 3.91. The van der Waals surface area contributed by atoms with Gasteiger partial charge >= 0.3 is 0 Å². The molecule has 3 N–H and O–H groups in total. The molecule has 3 heterocycles. The molecule has 1 saturated heterocycles. The molecule has 1 fully saturated rings. The number of hydrogen-bond donors (Lipinski definition) is 2. The van der Waals surface area contributed by atoms with E-state index in [1.165, 1.54) is 0 Å². The summed E-state index contributed by atoms with van der Waals surface area (Å²) in [6.45, 7) is 1.99. The first-order valence-electron chi connectivity index (χ1n) is 10.2. The molecule has 1 aliphatic heterocycles. The van der Waals surface area contributed by atoms with E-state index in [0.717, 1.165) is 23.0 Å². The Morgan fingerprint density at radius 1 is 1.23 bits per heavy atom. The zero-order valence-electron chi connectivity index (χ0n) is 17.4. The summed E-state index contributed by atoms with van der Waals surface area (Å²) >= 11 is 0. The van der Waals surface area contributed by atoms with Crippen LogP contribution in [0.2, 0.25) is 0 Å². The zero-order chi connectivity index (χ0) is 21.8. The summed E-state index contributed by atoms with van der Waals surface area (Å²) in [4.78, 5) is 36.3. The van der Waals surface area contributed by atoms with Gasteiger partial charge in [-0.1, -0.05) is 18.2 Å². The highest BCUT2D eigenvalue weighted by Crippen LogP contribution is 2.30. The number of ether oxygens (including phenoxy) is 1. The third kappa shape index (κ3) is 4.34. The fourth-order valence-corrected chi connectivity index (χ4v) is 3.91. The van der Waals surface area contributed by atoms with Gasteiger partial charge in [0.15, 0.2) is 0 Å². The molecule has 0 spiro atoms. The topological polar surface area (TPSA) is 110 Å². The maximum absolute atomic E-state index is 12.9. The van der Waals surface area contributed by atoms with Gasteiger partial charge in [0.2, 0.25) is 0 Å². The normalized spacial score (nSPS) is 15.9. The third-order valence-electron chi connectivity index (χ3n) is 5.54. The number of fused-ring (bicyclic) bond motifs is 1. The van der Waals surface area contributed by atoms with Gasteiger partial charge in [0.1, 0.15) is 5.82 Å². The van der Waals surface area contributed by atoms with Crippen LogP contribution in [-0.2, 0) is 4.74 Å². The van der Waals surface area contributed by atoms with Gasteiger partial charge in [-0.05, 0) is 30.7 Å². The van der Waals surface area contributed by atoms with Crippen LogP contribution in [0.1, 0.15) is 38.7 Å². The highest BCUT2D eigenvalue weighted by molar-refractivity contribution is 6.06. The van der Waals surface area contributed by atoms with Crippen LogP contribution in [0.25, 0.3) is 10.9 Å². The monoisotopic (exact) mass is 419 g/mol. The van der Waals surface area contributed by atoms with Gasteiger partial charge in [-0.3, -0.25) is 14.6 Å². The van der Waals surface area contributed by atoms with Gasteiger partial charge in [0.05, 0.1) is 23.3 Å². The summed E-state index contributed by atoms with van der Waals surface area (Å²) in [5.74, 6) is -0.0239. The van der Waals surface area contributed by atoms with Crippen molar-refractivity contribution in [1.29, 1.82) is 0 Å². The summed E-state index contributed by atoms with van der Waals surface area (Å²) < 4.78 is 5.02. The van der Waals surface area contributed by atoms with Crippen molar-refractivity contribution < 1.29 is 14.3 Å². The second-order valence-corrected chi connectivity index (χ2v) is 7.53. The van der Waals surface area contributed by atoms with E-state index in [4.69, 9.17) is 15.5 Å². The molecule has 1 atom stereocenters. The Morgan fingerprint density at radius 3 is 2.87 bits per heavy atom.